The number of hydrogen-bond acceptors (Lipinski definition) is 4. The van der Waals surface area contributed by atoms with Crippen molar-refractivity contribution in [3.8, 4) is 22.8 Å². The first-order chi connectivity index (χ1) is 11.9. The van der Waals surface area contributed by atoms with E-state index in [0.717, 1.165) is 22.8 Å². The van der Waals surface area contributed by atoms with Crippen LogP contribution in [0.3, 0.4) is 0 Å². The van der Waals surface area contributed by atoms with E-state index in [4.69, 9.17) is 0 Å². The Balaban J connectivity index is 0.000000173. The Hall–Kier alpha value is -2.78. The van der Waals surface area contributed by atoms with Crippen molar-refractivity contribution in [3.63, 3.8) is 0 Å². The van der Waals surface area contributed by atoms with Gasteiger partial charge in [-0.1, -0.05) is 24.3 Å². The Morgan fingerprint density at radius 1 is 0.360 bits per heavy atom. The van der Waals surface area contributed by atoms with Crippen LogP contribution in [0.5, 0.6) is 0 Å². The number of hydrogen-bond donors (Lipinski definition) is 0. The van der Waals surface area contributed by atoms with Crippen LogP contribution in [0.4, 0.5) is 0 Å². The maximum atomic E-state index is 4.19. The molecule has 0 atom stereocenters. The predicted octanol–water partition coefficient (Wildman–Crippen LogP) is 4.28. The van der Waals surface area contributed by atoms with Gasteiger partial charge in [-0.3, -0.25) is 19.9 Å². The molecule has 0 radical (unpaired) electrons. The number of aromatic nitrogens is 4. The first kappa shape index (κ1) is 18.6. The van der Waals surface area contributed by atoms with E-state index in [2.05, 4.69) is 19.9 Å². The van der Waals surface area contributed by atoms with Gasteiger partial charge in [-0.25, -0.2) is 0 Å². The summed E-state index contributed by atoms with van der Waals surface area (Å²) in [6, 6.07) is 23.2. The Kier molecular flexibility index (Phi) is 7.55. The molecule has 0 spiro atoms. The van der Waals surface area contributed by atoms with Crippen molar-refractivity contribution in [1.82, 2.24) is 19.9 Å². The SMILES string of the molecule is [Rh+].c1ccc(-c2ccccn2)nc1.c1ccc(-c2ccccn2)nc1. The van der Waals surface area contributed by atoms with E-state index in [9.17, 15) is 0 Å². The quantitative estimate of drug-likeness (QED) is 0.459. The Bertz CT molecular complexity index is 692. The van der Waals surface area contributed by atoms with Gasteiger partial charge in [-0.2, -0.15) is 0 Å². The molecule has 4 rings (SSSR count). The zero-order chi connectivity index (χ0) is 16.5. The summed E-state index contributed by atoms with van der Waals surface area (Å²) in [5, 5.41) is 0. The van der Waals surface area contributed by atoms with Crippen LogP contribution in [-0.2, 0) is 19.5 Å². The van der Waals surface area contributed by atoms with Crippen molar-refractivity contribution in [3.05, 3.63) is 97.6 Å². The second-order valence-corrected chi connectivity index (χ2v) is 4.86. The zero-order valence-electron chi connectivity index (χ0n) is 13.4. The Morgan fingerprint density at radius 3 is 0.760 bits per heavy atom. The summed E-state index contributed by atoms with van der Waals surface area (Å²) < 4.78 is 0. The normalized spacial score (nSPS) is 9.28. The van der Waals surface area contributed by atoms with Crippen LogP contribution in [-0.4, -0.2) is 19.9 Å². The molecule has 124 valence electrons. The van der Waals surface area contributed by atoms with E-state index in [0.29, 0.717) is 0 Å². The monoisotopic (exact) mass is 415 g/mol. The van der Waals surface area contributed by atoms with E-state index < -0.39 is 0 Å². The fourth-order valence-electron chi connectivity index (χ4n) is 2.06. The molecule has 0 aliphatic rings. The molecule has 0 fully saturated rings. The molecule has 0 amide bonds. The fraction of sp³-hybridized carbons (Fsp3) is 0. The van der Waals surface area contributed by atoms with Gasteiger partial charge in [0, 0.05) is 24.8 Å². The minimum absolute atomic E-state index is 0. The maximum absolute atomic E-state index is 4.19. The maximum Gasteiger partial charge on any atom is 1.00 e. The summed E-state index contributed by atoms with van der Waals surface area (Å²) in [5.41, 5.74) is 3.66. The van der Waals surface area contributed by atoms with Gasteiger partial charge < -0.3 is 0 Å². The van der Waals surface area contributed by atoms with Crippen LogP contribution in [0.25, 0.3) is 22.8 Å². The second-order valence-electron chi connectivity index (χ2n) is 4.86. The second kappa shape index (κ2) is 10.2. The van der Waals surface area contributed by atoms with Crippen molar-refractivity contribution in [2.24, 2.45) is 0 Å². The molecule has 0 saturated heterocycles. The van der Waals surface area contributed by atoms with E-state index >= 15 is 0 Å². The molecule has 0 N–H and O–H groups in total. The molecule has 0 saturated carbocycles. The van der Waals surface area contributed by atoms with Gasteiger partial charge in [0.2, 0.25) is 0 Å². The standard InChI is InChI=1S/2C10H8N2.Rh/c2*1-3-7-11-9(5-1)10-6-2-4-8-12-10;/h2*1-8H;/q;;+1. The third-order valence-electron chi connectivity index (χ3n) is 3.18. The van der Waals surface area contributed by atoms with Gasteiger partial charge >= 0.3 is 19.5 Å². The number of nitrogens with zero attached hydrogens (tertiary/aromatic N) is 4. The molecule has 5 heteroatoms. The van der Waals surface area contributed by atoms with Crippen molar-refractivity contribution < 1.29 is 19.5 Å². The molecule has 4 nitrogen and oxygen atoms in total. The topological polar surface area (TPSA) is 51.6 Å². The minimum Gasteiger partial charge on any atom is -0.255 e. The van der Waals surface area contributed by atoms with Crippen LogP contribution >= 0.6 is 0 Å². The smallest absolute Gasteiger partial charge is 0.255 e. The molecular weight excluding hydrogens is 399 g/mol. The third-order valence-corrected chi connectivity index (χ3v) is 3.18. The van der Waals surface area contributed by atoms with Gasteiger partial charge in [-0.15, -0.1) is 0 Å². The molecule has 0 unspecified atom stereocenters. The minimum atomic E-state index is 0. The molecule has 0 aliphatic carbocycles. The zero-order valence-corrected chi connectivity index (χ0v) is 15.0. The summed E-state index contributed by atoms with van der Waals surface area (Å²) in [6.07, 6.45) is 7.07. The molecule has 4 aromatic heterocycles. The molecule has 0 bridgehead atoms. The molecule has 4 aromatic rings. The largest absolute Gasteiger partial charge is 1.00 e. The van der Waals surface area contributed by atoms with Gasteiger partial charge in [-0.05, 0) is 48.5 Å². The van der Waals surface area contributed by atoms with Crippen molar-refractivity contribution in [1.29, 1.82) is 0 Å². The van der Waals surface area contributed by atoms with Crippen LogP contribution in [0.1, 0.15) is 0 Å². The van der Waals surface area contributed by atoms with Crippen LogP contribution in [0.2, 0.25) is 0 Å². The van der Waals surface area contributed by atoms with Gasteiger partial charge in [0.15, 0.2) is 0 Å². The van der Waals surface area contributed by atoms with Gasteiger partial charge in [0.05, 0.1) is 22.8 Å². The molecule has 0 aromatic carbocycles. The first-order valence-corrected chi connectivity index (χ1v) is 7.58. The summed E-state index contributed by atoms with van der Waals surface area (Å²) in [5.74, 6) is 0. The summed E-state index contributed by atoms with van der Waals surface area (Å²) in [4.78, 5) is 16.7. The van der Waals surface area contributed by atoms with E-state index in [1.165, 1.54) is 0 Å². The average Bonchev–Trinajstić information content (AvgIpc) is 2.71. The Labute approximate surface area is 159 Å². The molecular formula is C20H16N4Rh+. The summed E-state index contributed by atoms with van der Waals surface area (Å²) in [7, 11) is 0. The van der Waals surface area contributed by atoms with Gasteiger partial charge in [0.25, 0.3) is 0 Å². The first-order valence-electron chi connectivity index (χ1n) is 7.58. The summed E-state index contributed by atoms with van der Waals surface area (Å²) >= 11 is 0. The van der Waals surface area contributed by atoms with E-state index in [-0.39, 0.29) is 19.5 Å². The predicted molar refractivity (Wildman–Crippen MR) is 94.9 cm³/mol. The third kappa shape index (κ3) is 5.66. The van der Waals surface area contributed by atoms with Gasteiger partial charge in [0.1, 0.15) is 0 Å². The van der Waals surface area contributed by atoms with E-state index in [1.54, 1.807) is 24.8 Å². The van der Waals surface area contributed by atoms with Crippen molar-refractivity contribution in [2.45, 2.75) is 0 Å². The molecule has 4 heterocycles. The van der Waals surface area contributed by atoms with Crippen LogP contribution in [0, 0.1) is 0 Å². The molecule has 25 heavy (non-hydrogen) atoms. The average molecular weight is 415 g/mol. The molecule has 0 aliphatic heterocycles. The van der Waals surface area contributed by atoms with Crippen LogP contribution in [0.15, 0.2) is 97.6 Å². The van der Waals surface area contributed by atoms with E-state index in [1.807, 2.05) is 72.8 Å². The van der Waals surface area contributed by atoms with Crippen molar-refractivity contribution >= 4 is 0 Å². The summed E-state index contributed by atoms with van der Waals surface area (Å²) in [6.45, 7) is 0. The van der Waals surface area contributed by atoms with Crippen molar-refractivity contribution in [2.75, 3.05) is 0 Å². The number of rotatable bonds is 2. The van der Waals surface area contributed by atoms with Crippen LogP contribution < -0.4 is 0 Å². The Morgan fingerprint density at radius 2 is 0.600 bits per heavy atom. The number of pyridine rings is 4. The fourth-order valence-corrected chi connectivity index (χ4v) is 2.06.